The molecule has 25 heavy (non-hydrogen) atoms. The van der Waals surface area contributed by atoms with Crippen LogP contribution in [0.4, 0.5) is 0 Å². The zero-order valence-corrected chi connectivity index (χ0v) is 14.6. The lowest BCUT2D eigenvalue weighted by molar-refractivity contribution is -0.116. The second kappa shape index (κ2) is 5.80. The Bertz CT molecular complexity index is 936. The molecule has 3 heterocycles. The molecule has 1 aliphatic heterocycles. The lowest BCUT2D eigenvalue weighted by atomic mass is 9.93. The number of morpholine rings is 1. The average molecular weight is 355 g/mol. The van der Waals surface area contributed by atoms with Gasteiger partial charge in [-0.15, -0.1) is 0 Å². The molecule has 128 valence electrons. The second-order valence-corrected chi connectivity index (χ2v) is 7.27. The number of nitrogens with zero attached hydrogens (tertiary/aromatic N) is 4. The van der Waals surface area contributed by atoms with Crippen molar-refractivity contribution in [3.63, 3.8) is 0 Å². The Morgan fingerprint density at radius 2 is 2.16 bits per heavy atom. The summed E-state index contributed by atoms with van der Waals surface area (Å²) >= 11 is 6.33. The van der Waals surface area contributed by atoms with Gasteiger partial charge in [0.1, 0.15) is 10.8 Å². The van der Waals surface area contributed by atoms with Gasteiger partial charge in [-0.25, -0.2) is 9.50 Å². The third-order valence-electron chi connectivity index (χ3n) is 5.33. The summed E-state index contributed by atoms with van der Waals surface area (Å²) in [6, 6.07) is 12.5. The maximum absolute atomic E-state index is 6.33. The number of aryl methyl sites for hydroxylation is 1. The number of aromatic nitrogens is 3. The molecule has 1 saturated heterocycles. The van der Waals surface area contributed by atoms with Crippen molar-refractivity contribution >= 4 is 17.2 Å². The molecule has 1 spiro atoms. The third kappa shape index (κ3) is 2.54. The summed E-state index contributed by atoms with van der Waals surface area (Å²) in [5, 5.41) is 4.77. The number of hydrogen-bond donors (Lipinski definition) is 0. The van der Waals surface area contributed by atoms with Crippen LogP contribution >= 0.6 is 11.6 Å². The van der Waals surface area contributed by atoms with Crippen LogP contribution in [0.5, 0.6) is 0 Å². The molecule has 6 heteroatoms. The predicted molar refractivity (Wildman–Crippen MR) is 95.7 cm³/mol. The molecule has 1 atom stereocenters. The van der Waals surface area contributed by atoms with Gasteiger partial charge in [0.2, 0.25) is 0 Å². The monoisotopic (exact) mass is 354 g/mol. The van der Waals surface area contributed by atoms with Gasteiger partial charge in [0.15, 0.2) is 5.65 Å². The van der Waals surface area contributed by atoms with Crippen LogP contribution in [0.25, 0.3) is 5.65 Å². The zero-order valence-electron chi connectivity index (χ0n) is 13.9. The van der Waals surface area contributed by atoms with E-state index in [-0.39, 0.29) is 5.60 Å². The molecular weight excluding hydrogens is 336 g/mol. The molecule has 2 aromatic heterocycles. The van der Waals surface area contributed by atoms with Crippen LogP contribution in [-0.2, 0) is 23.3 Å². The Morgan fingerprint density at radius 1 is 1.24 bits per heavy atom. The summed E-state index contributed by atoms with van der Waals surface area (Å²) in [5.41, 5.74) is 4.38. The van der Waals surface area contributed by atoms with Crippen molar-refractivity contribution in [1.82, 2.24) is 19.5 Å². The van der Waals surface area contributed by atoms with Crippen molar-refractivity contribution in [1.29, 1.82) is 0 Å². The first-order chi connectivity index (χ1) is 12.2. The molecule has 5 rings (SSSR count). The minimum atomic E-state index is -0.167. The summed E-state index contributed by atoms with van der Waals surface area (Å²) in [4.78, 5) is 7.11. The van der Waals surface area contributed by atoms with Crippen molar-refractivity contribution in [3.8, 4) is 0 Å². The minimum absolute atomic E-state index is 0.167. The number of benzene rings is 1. The quantitative estimate of drug-likeness (QED) is 0.663. The molecule has 3 aromatic rings. The van der Waals surface area contributed by atoms with E-state index in [0.29, 0.717) is 5.15 Å². The van der Waals surface area contributed by atoms with Crippen molar-refractivity contribution in [2.45, 2.75) is 25.0 Å². The molecular formula is C19H19ClN4O. The van der Waals surface area contributed by atoms with Crippen LogP contribution in [0.1, 0.15) is 23.2 Å². The molecule has 5 nitrogen and oxygen atoms in total. The van der Waals surface area contributed by atoms with Crippen LogP contribution in [-0.4, -0.2) is 39.2 Å². The fourth-order valence-corrected chi connectivity index (χ4v) is 4.45. The molecule has 0 radical (unpaired) electrons. The normalized spacial score (nSPS) is 23.4. The molecule has 0 amide bonds. The summed E-state index contributed by atoms with van der Waals surface area (Å²) in [5.74, 6) is 0. The highest BCUT2D eigenvalue weighted by Crippen LogP contribution is 2.42. The molecule has 1 fully saturated rings. The molecule has 0 N–H and O–H groups in total. The first kappa shape index (κ1) is 15.3. The van der Waals surface area contributed by atoms with Crippen LogP contribution in [0.3, 0.4) is 0 Å². The van der Waals surface area contributed by atoms with Crippen molar-refractivity contribution in [2.75, 3.05) is 19.7 Å². The summed E-state index contributed by atoms with van der Waals surface area (Å²) in [7, 11) is 0. The van der Waals surface area contributed by atoms with Gasteiger partial charge in [-0.2, -0.15) is 5.10 Å². The van der Waals surface area contributed by atoms with Crippen LogP contribution in [0.2, 0.25) is 5.15 Å². The zero-order chi connectivity index (χ0) is 16.9. The van der Waals surface area contributed by atoms with Gasteiger partial charge < -0.3 is 4.74 Å². The Morgan fingerprint density at radius 3 is 3.12 bits per heavy atom. The van der Waals surface area contributed by atoms with Crippen molar-refractivity contribution < 1.29 is 4.74 Å². The number of rotatable bonds is 2. The smallest absolute Gasteiger partial charge is 0.156 e. The number of ether oxygens (including phenoxy) is 1. The molecule has 1 aliphatic carbocycles. The van der Waals surface area contributed by atoms with E-state index in [1.165, 1.54) is 11.1 Å². The lowest BCUT2D eigenvalue weighted by Crippen LogP contribution is -2.48. The molecule has 1 unspecified atom stereocenters. The topological polar surface area (TPSA) is 42.7 Å². The Labute approximate surface area is 151 Å². The Balaban J connectivity index is 1.41. The van der Waals surface area contributed by atoms with E-state index in [1.54, 1.807) is 10.7 Å². The Hall–Kier alpha value is -1.95. The number of fused-ring (bicyclic) bond motifs is 3. The summed E-state index contributed by atoms with van der Waals surface area (Å²) in [6.07, 6.45) is 3.87. The van der Waals surface area contributed by atoms with E-state index in [9.17, 15) is 0 Å². The van der Waals surface area contributed by atoms with Gasteiger partial charge >= 0.3 is 0 Å². The van der Waals surface area contributed by atoms with Crippen molar-refractivity contribution in [2.24, 2.45) is 0 Å². The highest BCUT2D eigenvalue weighted by molar-refractivity contribution is 6.29. The van der Waals surface area contributed by atoms with E-state index in [0.717, 1.165) is 50.4 Å². The second-order valence-electron chi connectivity index (χ2n) is 6.88. The highest BCUT2D eigenvalue weighted by atomic mass is 35.5. The van der Waals surface area contributed by atoms with Gasteiger partial charge in [-0.05, 0) is 30.0 Å². The summed E-state index contributed by atoms with van der Waals surface area (Å²) < 4.78 is 7.95. The van der Waals surface area contributed by atoms with Crippen LogP contribution < -0.4 is 0 Å². The van der Waals surface area contributed by atoms with E-state index in [2.05, 4.69) is 39.2 Å². The van der Waals surface area contributed by atoms with E-state index in [4.69, 9.17) is 16.3 Å². The summed E-state index contributed by atoms with van der Waals surface area (Å²) in [6.45, 7) is 3.33. The van der Waals surface area contributed by atoms with Gasteiger partial charge in [0, 0.05) is 25.7 Å². The molecule has 0 saturated carbocycles. The number of hydrogen-bond acceptors (Lipinski definition) is 4. The third-order valence-corrected chi connectivity index (χ3v) is 5.60. The molecule has 1 aromatic carbocycles. The first-order valence-corrected chi connectivity index (χ1v) is 9.05. The molecule has 0 bridgehead atoms. The van der Waals surface area contributed by atoms with E-state index >= 15 is 0 Å². The van der Waals surface area contributed by atoms with Crippen LogP contribution in [0.15, 0.2) is 42.6 Å². The van der Waals surface area contributed by atoms with Gasteiger partial charge in [-0.1, -0.05) is 35.9 Å². The van der Waals surface area contributed by atoms with E-state index in [1.807, 2.05) is 12.1 Å². The number of halogens is 1. The molecule has 2 aliphatic rings. The van der Waals surface area contributed by atoms with Gasteiger partial charge in [0.05, 0.1) is 18.5 Å². The van der Waals surface area contributed by atoms with Crippen molar-refractivity contribution in [3.05, 3.63) is 64.6 Å². The van der Waals surface area contributed by atoms with Crippen LogP contribution in [0, 0.1) is 0 Å². The lowest BCUT2D eigenvalue weighted by Gasteiger charge is -2.41. The fourth-order valence-electron chi connectivity index (χ4n) is 4.19. The Kier molecular flexibility index (Phi) is 3.55. The fraction of sp³-hybridized carbons (Fsp3) is 0.368. The largest absolute Gasteiger partial charge is 0.368 e. The average Bonchev–Trinajstić information content (AvgIpc) is 3.22. The first-order valence-electron chi connectivity index (χ1n) is 8.67. The van der Waals surface area contributed by atoms with Gasteiger partial charge in [0.25, 0.3) is 0 Å². The van der Waals surface area contributed by atoms with Gasteiger partial charge in [-0.3, -0.25) is 4.90 Å². The highest BCUT2D eigenvalue weighted by Gasteiger charge is 2.43. The minimum Gasteiger partial charge on any atom is -0.368 e. The maximum Gasteiger partial charge on any atom is 0.156 e. The maximum atomic E-state index is 6.33. The standard InChI is InChI=1S/C19H19ClN4O/c20-17-11-15(22-18-6-8-21-24(17)18)12-23-9-10-25-19(13-23)7-5-14-3-1-2-4-16(14)19/h1-4,6,8,11H,5,7,9-10,12-13H2. The predicted octanol–water partition coefficient (Wildman–Crippen LogP) is 3.06. The van der Waals surface area contributed by atoms with E-state index < -0.39 is 0 Å². The SMILES string of the molecule is Clc1cc(CN2CCOC3(CCc4ccccc43)C2)nc2ccnn12.